The van der Waals surface area contributed by atoms with Gasteiger partial charge in [-0.15, -0.1) is 0 Å². The standard InChI is InChI=1S/C11H19N3O2/c1-3-8-4-5-12-9(6-8)11-13-10(7-15-2)14-16-11/h8-9,12H,3-7H2,1-2H3. The second-order valence-electron chi connectivity index (χ2n) is 4.29. The second-order valence-corrected chi connectivity index (χ2v) is 4.29. The molecule has 90 valence electrons. The second kappa shape index (κ2) is 5.41. The van der Waals surface area contributed by atoms with Crippen molar-refractivity contribution in [3.63, 3.8) is 0 Å². The molecule has 0 saturated carbocycles. The van der Waals surface area contributed by atoms with Gasteiger partial charge in [0.05, 0.1) is 6.04 Å². The highest BCUT2D eigenvalue weighted by Crippen LogP contribution is 2.27. The van der Waals surface area contributed by atoms with Crippen molar-refractivity contribution < 1.29 is 9.26 Å². The molecule has 5 heteroatoms. The zero-order valence-corrected chi connectivity index (χ0v) is 9.90. The first kappa shape index (κ1) is 11.5. The zero-order valence-electron chi connectivity index (χ0n) is 9.90. The van der Waals surface area contributed by atoms with Crippen LogP contribution in [0.15, 0.2) is 4.52 Å². The summed E-state index contributed by atoms with van der Waals surface area (Å²) in [5.74, 6) is 2.09. The summed E-state index contributed by atoms with van der Waals surface area (Å²) in [5.41, 5.74) is 0. The number of hydrogen-bond acceptors (Lipinski definition) is 5. The Bertz CT molecular complexity index is 327. The summed E-state index contributed by atoms with van der Waals surface area (Å²) >= 11 is 0. The van der Waals surface area contributed by atoms with E-state index in [0.29, 0.717) is 18.3 Å². The van der Waals surface area contributed by atoms with E-state index in [2.05, 4.69) is 22.4 Å². The third-order valence-electron chi connectivity index (χ3n) is 3.15. The molecule has 0 radical (unpaired) electrons. The van der Waals surface area contributed by atoms with Gasteiger partial charge in [-0.25, -0.2) is 0 Å². The molecule has 0 aromatic carbocycles. The third-order valence-corrected chi connectivity index (χ3v) is 3.15. The molecule has 2 rings (SSSR count). The smallest absolute Gasteiger partial charge is 0.243 e. The lowest BCUT2D eigenvalue weighted by Crippen LogP contribution is -2.31. The summed E-state index contributed by atoms with van der Waals surface area (Å²) in [4.78, 5) is 4.33. The molecule has 1 fully saturated rings. The van der Waals surface area contributed by atoms with Gasteiger partial charge in [-0.05, 0) is 25.3 Å². The van der Waals surface area contributed by atoms with Gasteiger partial charge in [-0.1, -0.05) is 18.5 Å². The quantitative estimate of drug-likeness (QED) is 0.844. The lowest BCUT2D eigenvalue weighted by Gasteiger charge is -2.27. The molecule has 16 heavy (non-hydrogen) atoms. The van der Waals surface area contributed by atoms with Crippen molar-refractivity contribution in [2.75, 3.05) is 13.7 Å². The van der Waals surface area contributed by atoms with Crippen molar-refractivity contribution in [3.05, 3.63) is 11.7 Å². The monoisotopic (exact) mass is 225 g/mol. The van der Waals surface area contributed by atoms with Gasteiger partial charge in [-0.3, -0.25) is 0 Å². The molecule has 0 amide bonds. The highest BCUT2D eigenvalue weighted by Gasteiger charge is 2.25. The molecular weight excluding hydrogens is 206 g/mol. The van der Waals surface area contributed by atoms with Crippen LogP contribution in [-0.2, 0) is 11.3 Å². The number of ether oxygens (including phenoxy) is 1. The number of nitrogens with zero attached hydrogens (tertiary/aromatic N) is 2. The van der Waals surface area contributed by atoms with E-state index in [4.69, 9.17) is 9.26 Å². The van der Waals surface area contributed by atoms with Crippen molar-refractivity contribution in [2.24, 2.45) is 5.92 Å². The van der Waals surface area contributed by atoms with E-state index in [1.807, 2.05) is 0 Å². The Labute approximate surface area is 95.6 Å². The van der Waals surface area contributed by atoms with E-state index in [0.717, 1.165) is 18.9 Å². The largest absolute Gasteiger partial charge is 0.377 e. The van der Waals surface area contributed by atoms with Gasteiger partial charge in [-0.2, -0.15) is 4.98 Å². The van der Waals surface area contributed by atoms with Gasteiger partial charge in [0.2, 0.25) is 5.89 Å². The average Bonchev–Trinajstić information content (AvgIpc) is 2.78. The van der Waals surface area contributed by atoms with Crippen LogP contribution in [0.4, 0.5) is 0 Å². The molecule has 1 N–H and O–H groups in total. The van der Waals surface area contributed by atoms with Gasteiger partial charge in [0.25, 0.3) is 0 Å². The van der Waals surface area contributed by atoms with Gasteiger partial charge in [0.15, 0.2) is 5.82 Å². The molecule has 1 saturated heterocycles. The van der Waals surface area contributed by atoms with Gasteiger partial charge >= 0.3 is 0 Å². The lowest BCUT2D eigenvalue weighted by molar-refractivity contribution is 0.174. The molecule has 0 bridgehead atoms. The SMILES string of the molecule is CCC1CCNC(c2nc(COC)no2)C1. The summed E-state index contributed by atoms with van der Waals surface area (Å²) in [7, 11) is 1.63. The Morgan fingerprint density at radius 1 is 1.56 bits per heavy atom. The van der Waals surface area contributed by atoms with Crippen LogP contribution in [0.25, 0.3) is 0 Å². The Kier molecular flexibility index (Phi) is 3.90. The average molecular weight is 225 g/mol. The van der Waals surface area contributed by atoms with Crippen molar-refractivity contribution >= 4 is 0 Å². The fraction of sp³-hybridized carbons (Fsp3) is 0.818. The normalized spacial score (nSPS) is 25.9. The number of aromatic nitrogens is 2. The summed E-state index contributed by atoms with van der Waals surface area (Å²) in [6, 6.07) is 0.219. The maximum Gasteiger partial charge on any atom is 0.243 e. The molecule has 1 aromatic rings. The highest BCUT2D eigenvalue weighted by atomic mass is 16.5. The molecule has 1 aromatic heterocycles. The molecule has 0 aliphatic carbocycles. The first-order chi connectivity index (χ1) is 7.83. The Morgan fingerprint density at radius 3 is 3.19 bits per heavy atom. The van der Waals surface area contributed by atoms with E-state index in [1.165, 1.54) is 12.8 Å². The lowest BCUT2D eigenvalue weighted by atomic mass is 9.90. The molecule has 2 heterocycles. The van der Waals surface area contributed by atoms with Gasteiger partial charge in [0, 0.05) is 7.11 Å². The predicted molar refractivity (Wildman–Crippen MR) is 58.8 cm³/mol. The molecule has 1 aliphatic rings. The van der Waals surface area contributed by atoms with E-state index >= 15 is 0 Å². The van der Waals surface area contributed by atoms with Crippen LogP contribution in [0.1, 0.15) is 43.9 Å². The molecule has 0 spiro atoms. The van der Waals surface area contributed by atoms with Crippen LogP contribution in [-0.4, -0.2) is 23.8 Å². The predicted octanol–water partition coefficient (Wildman–Crippen LogP) is 1.67. The van der Waals surface area contributed by atoms with E-state index < -0.39 is 0 Å². The fourth-order valence-corrected chi connectivity index (χ4v) is 2.15. The maximum atomic E-state index is 5.25. The maximum absolute atomic E-state index is 5.25. The van der Waals surface area contributed by atoms with Crippen LogP contribution >= 0.6 is 0 Å². The van der Waals surface area contributed by atoms with Crippen LogP contribution < -0.4 is 5.32 Å². The Hall–Kier alpha value is -0.940. The Morgan fingerprint density at radius 2 is 2.44 bits per heavy atom. The summed E-state index contributed by atoms with van der Waals surface area (Å²) in [6.45, 7) is 3.68. The minimum atomic E-state index is 0.219. The topological polar surface area (TPSA) is 60.2 Å². The van der Waals surface area contributed by atoms with Crippen LogP contribution in [0.2, 0.25) is 0 Å². The minimum absolute atomic E-state index is 0.219. The fourth-order valence-electron chi connectivity index (χ4n) is 2.15. The molecule has 5 nitrogen and oxygen atoms in total. The number of hydrogen-bond donors (Lipinski definition) is 1. The molecule has 2 atom stereocenters. The Balaban J connectivity index is 1.99. The van der Waals surface area contributed by atoms with Crippen molar-refractivity contribution in [2.45, 2.75) is 38.8 Å². The van der Waals surface area contributed by atoms with Crippen LogP contribution in [0, 0.1) is 5.92 Å². The van der Waals surface area contributed by atoms with Crippen LogP contribution in [0.5, 0.6) is 0 Å². The first-order valence-electron chi connectivity index (χ1n) is 5.88. The minimum Gasteiger partial charge on any atom is -0.377 e. The van der Waals surface area contributed by atoms with Crippen molar-refractivity contribution in [1.29, 1.82) is 0 Å². The number of nitrogens with one attached hydrogen (secondary N) is 1. The molecule has 2 unspecified atom stereocenters. The van der Waals surface area contributed by atoms with Gasteiger partial charge < -0.3 is 14.6 Å². The van der Waals surface area contributed by atoms with Gasteiger partial charge in [0.1, 0.15) is 6.61 Å². The zero-order chi connectivity index (χ0) is 11.4. The number of rotatable bonds is 4. The summed E-state index contributed by atoms with van der Waals surface area (Å²) in [6.07, 6.45) is 3.55. The van der Waals surface area contributed by atoms with Crippen molar-refractivity contribution in [3.8, 4) is 0 Å². The first-order valence-corrected chi connectivity index (χ1v) is 5.88. The third kappa shape index (κ3) is 2.59. The van der Waals surface area contributed by atoms with E-state index in [-0.39, 0.29) is 6.04 Å². The highest BCUT2D eigenvalue weighted by molar-refractivity contribution is 4.95. The molecule has 1 aliphatic heterocycles. The van der Waals surface area contributed by atoms with E-state index in [9.17, 15) is 0 Å². The van der Waals surface area contributed by atoms with E-state index in [1.54, 1.807) is 7.11 Å². The summed E-state index contributed by atoms with van der Waals surface area (Å²) < 4.78 is 10.2. The van der Waals surface area contributed by atoms with Crippen LogP contribution in [0.3, 0.4) is 0 Å². The molecular formula is C11H19N3O2. The van der Waals surface area contributed by atoms with Crippen molar-refractivity contribution in [1.82, 2.24) is 15.5 Å². The summed E-state index contributed by atoms with van der Waals surface area (Å²) in [5, 5.41) is 7.30. The number of methoxy groups -OCH3 is 1. The number of piperidine rings is 1.